The third kappa shape index (κ3) is 6.63. The van der Waals surface area contributed by atoms with Gasteiger partial charge in [-0.25, -0.2) is 0 Å². The number of phenolic OH excluding ortho intramolecular Hbond substituents is 1. The second-order valence-electron chi connectivity index (χ2n) is 13.2. The molecule has 3 aliphatic rings. The van der Waals surface area contributed by atoms with E-state index in [1.165, 1.54) is 18.4 Å². The quantitative estimate of drug-likeness (QED) is 0.226. The SMILES string of the molecule is CCCCC[C@H](CCC1=C2C(CC1=O)Cc1c(O)cccc1[C@H]2O[Si](C)(C)C(C)(C)C)OC1CCCCO1. The molecule has 1 aromatic carbocycles. The van der Waals surface area contributed by atoms with Gasteiger partial charge in [0.1, 0.15) is 5.75 Å². The molecule has 2 unspecified atom stereocenters. The summed E-state index contributed by atoms with van der Waals surface area (Å²) in [6.45, 7) is 14.3. The zero-order chi connectivity index (χ0) is 27.5. The van der Waals surface area contributed by atoms with E-state index in [4.69, 9.17) is 13.9 Å². The number of ketones is 1. The average Bonchev–Trinajstić information content (AvgIpc) is 3.17. The van der Waals surface area contributed by atoms with Gasteiger partial charge in [-0.2, -0.15) is 0 Å². The number of hydrogen-bond donors (Lipinski definition) is 1. The molecule has 1 aromatic rings. The molecule has 5 nitrogen and oxygen atoms in total. The minimum Gasteiger partial charge on any atom is -0.508 e. The Labute approximate surface area is 231 Å². The molecule has 0 bridgehead atoms. The molecular weight excluding hydrogens is 492 g/mol. The Morgan fingerprint density at radius 1 is 1.13 bits per heavy atom. The second-order valence-corrected chi connectivity index (χ2v) is 17.9. The van der Waals surface area contributed by atoms with Gasteiger partial charge in [0.05, 0.1) is 12.2 Å². The Kier molecular flexibility index (Phi) is 9.60. The number of ether oxygens (including phenoxy) is 2. The van der Waals surface area contributed by atoms with E-state index < -0.39 is 8.32 Å². The maximum atomic E-state index is 13.5. The van der Waals surface area contributed by atoms with Crippen molar-refractivity contribution in [2.45, 2.75) is 135 Å². The van der Waals surface area contributed by atoms with Crippen molar-refractivity contribution in [2.24, 2.45) is 5.92 Å². The molecule has 1 aliphatic heterocycles. The van der Waals surface area contributed by atoms with E-state index in [1.54, 1.807) is 6.07 Å². The van der Waals surface area contributed by atoms with E-state index >= 15 is 0 Å². The molecule has 0 amide bonds. The fourth-order valence-corrected chi connectivity index (χ4v) is 7.21. The summed E-state index contributed by atoms with van der Waals surface area (Å²) in [6.07, 6.45) is 10.3. The van der Waals surface area contributed by atoms with Gasteiger partial charge in [0.2, 0.25) is 0 Å². The first kappa shape index (κ1) is 29.5. The van der Waals surface area contributed by atoms with E-state index in [1.807, 2.05) is 6.07 Å². The topological polar surface area (TPSA) is 65.0 Å². The lowest BCUT2D eigenvalue weighted by atomic mass is 9.78. The van der Waals surface area contributed by atoms with E-state index in [2.05, 4.69) is 46.9 Å². The number of hydrogen-bond acceptors (Lipinski definition) is 5. The van der Waals surface area contributed by atoms with Gasteiger partial charge < -0.3 is 19.0 Å². The minimum absolute atomic E-state index is 0.0402. The number of fused-ring (bicyclic) bond motifs is 2. The number of allylic oxidation sites excluding steroid dienone is 1. The zero-order valence-electron chi connectivity index (χ0n) is 24.6. The highest BCUT2D eigenvalue weighted by atomic mass is 28.4. The molecule has 212 valence electrons. The second kappa shape index (κ2) is 12.4. The predicted molar refractivity (Wildman–Crippen MR) is 155 cm³/mol. The Morgan fingerprint density at radius 2 is 1.92 bits per heavy atom. The molecule has 1 heterocycles. The summed E-state index contributed by atoms with van der Waals surface area (Å²) in [4.78, 5) is 13.5. The molecule has 0 saturated carbocycles. The third-order valence-corrected chi connectivity index (χ3v) is 13.7. The lowest BCUT2D eigenvalue weighted by Crippen LogP contribution is -2.43. The molecule has 0 spiro atoms. The van der Waals surface area contributed by atoms with E-state index in [-0.39, 0.29) is 35.2 Å². The standard InChI is InChI=1S/C32H50O5Si/c1-7-8-9-13-23(36-29-16-10-11-19-35-29)17-18-25-28(34)21-22-20-26-24(14-12-15-27(26)33)31(30(22)25)37-38(5,6)32(2,3)4/h12,14-15,22-23,29,31,33H,7-11,13,16-21H2,1-6H3/t22?,23-,29?,31-/m1/s1. The minimum atomic E-state index is -2.15. The van der Waals surface area contributed by atoms with Crippen LogP contribution in [-0.4, -0.2) is 38.2 Å². The summed E-state index contributed by atoms with van der Waals surface area (Å²) >= 11 is 0. The maximum absolute atomic E-state index is 13.5. The fraction of sp³-hybridized carbons (Fsp3) is 0.719. The molecule has 1 N–H and O–H groups in total. The van der Waals surface area contributed by atoms with Crippen LogP contribution in [0.2, 0.25) is 18.1 Å². The highest BCUT2D eigenvalue weighted by Gasteiger charge is 2.47. The molecule has 4 rings (SSSR count). The van der Waals surface area contributed by atoms with Gasteiger partial charge in [-0.05, 0) is 91.8 Å². The van der Waals surface area contributed by atoms with Crippen molar-refractivity contribution >= 4 is 14.1 Å². The lowest BCUT2D eigenvalue weighted by Gasteiger charge is -2.43. The van der Waals surface area contributed by atoms with E-state index in [0.717, 1.165) is 68.3 Å². The van der Waals surface area contributed by atoms with Crippen molar-refractivity contribution in [3.63, 3.8) is 0 Å². The lowest BCUT2D eigenvalue weighted by molar-refractivity contribution is -0.190. The van der Waals surface area contributed by atoms with Crippen LogP contribution in [0.5, 0.6) is 5.75 Å². The van der Waals surface area contributed by atoms with Crippen molar-refractivity contribution in [1.29, 1.82) is 0 Å². The van der Waals surface area contributed by atoms with E-state index in [9.17, 15) is 9.90 Å². The van der Waals surface area contributed by atoms with Crippen LogP contribution in [-0.2, 0) is 25.1 Å². The number of aromatic hydroxyl groups is 1. The summed E-state index contributed by atoms with van der Waals surface area (Å²) in [5.41, 5.74) is 4.13. The van der Waals surface area contributed by atoms with Gasteiger partial charge in [-0.3, -0.25) is 4.79 Å². The molecule has 38 heavy (non-hydrogen) atoms. The van der Waals surface area contributed by atoms with Crippen molar-refractivity contribution in [3.8, 4) is 5.75 Å². The van der Waals surface area contributed by atoms with Crippen LogP contribution in [0.3, 0.4) is 0 Å². The number of Topliss-reactive ketones (excluding diaryl/α,β-unsaturated/α-hetero) is 1. The molecule has 0 radical (unpaired) electrons. The summed E-state index contributed by atoms with van der Waals surface area (Å²) in [7, 11) is -2.15. The van der Waals surface area contributed by atoms with Gasteiger partial charge in [0, 0.05) is 18.6 Å². The third-order valence-electron chi connectivity index (χ3n) is 9.31. The first-order chi connectivity index (χ1) is 18.0. The summed E-state index contributed by atoms with van der Waals surface area (Å²) in [5.74, 6) is 0.680. The van der Waals surface area contributed by atoms with Crippen LogP contribution in [0.15, 0.2) is 29.3 Å². The van der Waals surface area contributed by atoms with Crippen molar-refractivity contribution in [1.82, 2.24) is 0 Å². The first-order valence-corrected chi connectivity index (χ1v) is 17.9. The number of phenols is 1. The molecule has 6 heteroatoms. The molecule has 1 fully saturated rings. The highest BCUT2D eigenvalue weighted by molar-refractivity contribution is 6.74. The van der Waals surface area contributed by atoms with Crippen molar-refractivity contribution in [2.75, 3.05) is 6.61 Å². The zero-order valence-corrected chi connectivity index (χ0v) is 25.6. The van der Waals surface area contributed by atoms with Gasteiger partial charge in [0.15, 0.2) is 20.4 Å². The summed E-state index contributed by atoms with van der Waals surface area (Å²) in [5, 5.41) is 10.8. The van der Waals surface area contributed by atoms with Crippen molar-refractivity contribution in [3.05, 3.63) is 40.5 Å². The Balaban J connectivity index is 1.63. The average molecular weight is 543 g/mol. The number of carbonyl (C=O) groups excluding carboxylic acids is 1. The van der Waals surface area contributed by atoms with Gasteiger partial charge in [-0.15, -0.1) is 0 Å². The first-order valence-electron chi connectivity index (χ1n) is 15.0. The fourth-order valence-electron chi connectivity index (χ4n) is 6.02. The van der Waals surface area contributed by atoms with Crippen molar-refractivity contribution < 1.29 is 23.8 Å². The van der Waals surface area contributed by atoms with Crippen LogP contribution in [0.25, 0.3) is 0 Å². The molecular formula is C32H50O5Si. The van der Waals surface area contributed by atoms with Gasteiger partial charge >= 0.3 is 0 Å². The number of carbonyl (C=O) groups is 1. The molecule has 4 atom stereocenters. The van der Waals surface area contributed by atoms with Gasteiger partial charge in [-0.1, -0.05) is 59.1 Å². The van der Waals surface area contributed by atoms with Crippen LogP contribution < -0.4 is 0 Å². The largest absolute Gasteiger partial charge is 0.508 e. The Hall–Kier alpha value is -1.47. The number of unbranched alkanes of at least 4 members (excludes halogenated alkanes) is 2. The normalized spacial score (nSPS) is 24.9. The molecule has 2 aliphatic carbocycles. The van der Waals surface area contributed by atoms with E-state index in [0.29, 0.717) is 18.6 Å². The van der Waals surface area contributed by atoms with Crippen LogP contribution in [0.4, 0.5) is 0 Å². The Bertz CT molecular complexity index is 1000. The smallest absolute Gasteiger partial charge is 0.193 e. The number of benzene rings is 1. The Morgan fingerprint density at radius 3 is 2.61 bits per heavy atom. The predicted octanol–water partition coefficient (Wildman–Crippen LogP) is 8.17. The summed E-state index contributed by atoms with van der Waals surface area (Å²) in [6, 6.07) is 5.77. The van der Waals surface area contributed by atoms with Crippen LogP contribution in [0, 0.1) is 5.92 Å². The van der Waals surface area contributed by atoms with Crippen LogP contribution >= 0.6 is 0 Å². The monoisotopic (exact) mass is 542 g/mol. The highest BCUT2D eigenvalue weighted by Crippen LogP contribution is 2.52. The van der Waals surface area contributed by atoms with Gasteiger partial charge in [0.25, 0.3) is 0 Å². The molecule has 0 aromatic heterocycles. The summed E-state index contributed by atoms with van der Waals surface area (Å²) < 4.78 is 19.5. The molecule has 1 saturated heterocycles. The number of rotatable bonds is 11. The maximum Gasteiger partial charge on any atom is 0.193 e. The van der Waals surface area contributed by atoms with Crippen LogP contribution in [0.1, 0.15) is 109 Å².